The molecule has 0 radical (unpaired) electrons. The van der Waals surface area contributed by atoms with Gasteiger partial charge in [-0.25, -0.2) is 4.79 Å². The van der Waals surface area contributed by atoms with Crippen molar-refractivity contribution in [2.24, 2.45) is 0 Å². The van der Waals surface area contributed by atoms with E-state index in [1.807, 2.05) is 0 Å². The highest BCUT2D eigenvalue weighted by Crippen LogP contribution is 2.32. The molecule has 4 nitrogen and oxygen atoms in total. The minimum Gasteiger partial charge on any atom is -0.478 e. The van der Waals surface area contributed by atoms with Crippen LogP contribution >= 0.6 is 0 Å². The number of carbonyl (C=O) groups excluding carboxylic acids is 1. The van der Waals surface area contributed by atoms with Gasteiger partial charge in [-0.3, -0.25) is 4.79 Å². The summed E-state index contributed by atoms with van der Waals surface area (Å²) < 4.78 is 37.5. The van der Waals surface area contributed by atoms with Crippen molar-refractivity contribution >= 4 is 17.6 Å². The van der Waals surface area contributed by atoms with Crippen molar-refractivity contribution in [2.45, 2.75) is 12.6 Å². The second kappa shape index (κ2) is 5.55. The van der Waals surface area contributed by atoms with E-state index in [0.29, 0.717) is 12.1 Å². The fourth-order valence-corrected chi connectivity index (χ4v) is 1.34. The Bertz CT molecular complexity index is 523. The molecule has 0 aliphatic heterocycles. The first-order valence-electron chi connectivity index (χ1n) is 5.11. The van der Waals surface area contributed by atoms with E-state index >= 15 is 0 Å². The minimum absolute atomic E-state index is 0.130. The van der Waals surface area contributed by atoms with Gasteiger partial charge in [-0.15, -0.1) is 6.58 Å². The van der Waals surface area contributed by atoms with Gasteiger partial charge in [0.05, 0.1) is 16.8 Å². The summed E-state index contributed by atoms with van der Waals surface area (Å²) in [6, 6.07) is 2.03. The number of benzene rings is 1. The van der Waals surface area contributed by atoms with E-state index in [9.17, 15) is 22.8 Å². The summed E-state index contributed by atoms with van der Waals surface area (Å²) in [6.07, 6.45) is -3.49. The number of hydrogen-bond acceptors (Lipinski definition) is 2. The number of anilines is 1. The Morgan fingerprint density at radius 1 is 1.37 bits per heavy atom. The van der Waals surface area contributed by atoms with Crippen molar-refractivity contribution in [2.75, 3.05) is 5.32 Å². The zero-order valence-electron chi connectivity index (χ0n) is 9.62. The third kappa shape index (κ3) is 3.84. The van der Waals surface area contributed by atoms with Gasteiger partial charge in [0.25, 0.3) is 0 Å². The average molecular weight is 273 g/mol. The number of carboxylic acid groups (broad SMARTS) is 1. The van der Waals surface area contributed by atoms with Crippen LogP contribution in [0.4, 0.5) is 18.9 Å². The highest BCUT2D eigenvalue weighted by molar-refractivity contribution is 6.01. The Hall–Kier alpha value is -2.31. The maximum absolute atomic E-state index is 12.5. The number of hydrogen-bond donors (Lipinski definition) is 2. The summed E-state index contributed by atoms with van der Waals surface area (Å²) in [5, 5.41) is 11.0. The Morgan fingerprint density at radius 2 is 2.00 bits per heavy atom. The second-order valence-corrected chi connectivity index (χ2v) is 3.60. The molecule has 0 unspecified atom stereocenters. The predicted molar refractivity (Wildman–Crippen MR) is 61.8 cm³/mol. The molecule has 19 heavy (non-hydrogen) atoms. The number of halogens is 3. The van der Waals surface area contributed by atoms with Crippen LogP contribution in [0.2, 0.25) is 0 Å². The van der Waals surface area contributed by atoms with E-state index in [-0.39, 0.29) is 6.42 Å². The Kier molecular flexibility index (Phi) is 4.31. The average Bonchev–Trinajstić information content (AvgIpc) is 2.27. The monoisotopic (exact) mass is 273 g/mol. The van der Waals surface area contributed by atoms with Gasteiger partial charge in [0, 0.05) is 6.42 Å². The van der Waals surface area contributed by atoms with Crippen molar-refractivity contribution in [1.82, 2.24) is 0 Å². The van der Waals surface area contributed by atoms with Gasteiger partial charge in [0.1, 0.15) is 0 Å². The summed E-state index contributed by atoms with van der Waals surface area (Å²) >= 11 is 0. The molecule has 0 aromatic heterocycles. The molecule has 7 heteroatoms. The summed E-state index contributed by atoms with van der Waals surface area (Å²) in [5.41, 5.74) is -1.84. The van der Waals surface area contributed by atoms with E-state index in [4.69, 9.17) is 5.11 Å². The van der Waals surface area contributed by atoms with Crippen LogP contribution in [0.15, 0.2) is 30.9 Å². The van der Waals surface area contributed by atoms with Crippen LogP contribution in [0.3, 0.4) is 0 Å². The topological polar surface area (TPSA) is 66.4 Å². The first-order valence-corrected chi connectivity index (χ1v) is 5.11. The van der Waals surface area contributed by atoms with E-state index in [0.717, 1.165) is 6.07 Å². The SMILES string of the molecule is C=CCC(=O)Nc1cc(C(F)(F)F)ccc1C(=O)O. The molecule has 2 N–H and O–H groups in total. The number of rotatable bonds is 4. The van der Waals surface area contributed by atoms with Gasteiger partial charge in [-0.05, 0) is 18.2 Å². The first-order chi connectivity index (χ1) is 8.75. The third-order valence-electron chi connectivity index (χ3n) is 2.18. The molecule has 0 aliphatic carbocycles. The van der Waals surface area contributed by atoms with Crippen LogP contribution < -0.4 is 5.32 Å². The molecular formula is C12H10F3NO3. The van der Waals surface area contributed by atoms with Gasteiger partial charge in [-0.2, -0.15) is 13.2 Å². The molecule has 0 heterocycles. The predicted octanol–water partition coefficient (Wildman–Crippen LogP) is 2.92. The zero-order chi connectivity index (χ0) is 14.6. The molecule has 0 bridgehead atoms. The van der Waals surface area contributed by atoms with Gasteiger partial charge in [0.2, 0.25) is 5.91 Å². The quantitative estimate of drug-likeness (QED) is 0.829. The lowest BCUT2D eigenvalue weighted by atomic mass is 10.1. The summed E-state index contributed by atoms with van der Waals surface area (Å²) in [5.74, 6) is -2.07. The van der Waals surface area contributed by atoms with E-state index in [2.05, 4.69) is 11.9 Å². The van der Waals surface area contributed by atoms with E-state index in [1.165, 1.54) is 6.08 Å². The number of aromatic carboxylic acids is 1. The molecule has 0 saturated heterocycles. The Labute approximate surface area is 106 Å². The Morgan fingerprint density at radius 3 is 2.47 bits per heavy atom. The molecule has 1 rings (SSSR count). The summed E-state index contributed by atoms with van der Waals surface area (Å²) in [4.78, 5) is 22.2. The van der Waals surface area contributed by atoms with Crippen LogP contribution in [-0.4, -0.2) is 17.0 Å². The number of alkyl halides is 3. The van der Waals surface area contributed by atoms with Gasteiger partial charge >= 0.3 is 12.1 Å². The maximum Gasteiger partial charge on any atom is 0.416 e. The summed E-state index contributed by atoms with van der Waals surface area (Å²) in [6.45, 7) is 3.30. The largest absolute Gasteiger partial charge is 0.478 e. The van der Waals surface area contributed by atoms with Crippen molar-refractivity contribution in [3.05, 3.63) is 42.0 Å². The molecule has 0 atom stereocenters. The third-order valence-corrected chi connectivity index (χ3v) is 2.18. The lowest BCUT2D eigenvalue weighted by molar-refractivity contribution is -0.137. The van der Waals surface area contributed by atoms with E-state index < -0.39 is 34.9 Å². The van der Waals surface area contributed by atoms with Crippen molar-refractivity contribution in [1.29, 1.82) is 0 Å². The van der Waals surface area contributed by atoms with Crippen LogP contribution in [0.25, 0.3) is 0 Å². The van der Waals surface area contributed by atoms with Crippen LogP contribution in [-0.2, 0) is 11.0 Å². The first kappa shape index (κ1) is 14.7. The summed E-state index contributed by atoms with van der Waals surface area (Å²) in [7, 11) is 0. The lowest BCUT2D eigenvalue weighted by Crippen LogP contribution is -2.15. The standard InChI is InChI=1S/C12H10F3NO3/c1-2-3-10(17)16-9-6-7(12(13,14)15)4-5-8(9)11(18)19/h2,4-6H,1,3H2,(H,16,17)(H,18,19). The molecular weight excluding hydrogens is 263 g/mol. The van der Waals surface area contributed by atoms with E-state index in [1.54, 1.807) is 0 Å². The van der Waals surface area contributed by atoms with Crippen molar-refractivity contribution in [3.8, 4) is 0 Å². The smallest absolute Gasteiger partial charge is 0.416 e. The molecule has 1 amide bonds. The number of carboxylic acids is 1. The highest BCUT2D eigenvalue weighted by Gasteiger charge is 2.31. The van der Waals surface area contributed by atoms with Gasteiger partial charge in [0.15, 0.2) is 0 Å². The minimum atomic E-state index is -4.62. The highest BCUT2D eigenvalue weighted by atomic mass is 19.4. The Balaban J connectivity index is 3.19. The van der Waals surface area contributed by atoms with Crippen LogP contribution in [0.1, 0.15) is 22.3 Å². The molecule has 0 aliphatic rings. The number of nitrogens with one attached hydrogen (secondary N) is 1. The fourth-order valence-electron chi connectivity index (χ4n) is 1.34. The van der Waals surface area contributed by atoms with Gasteiger partial charge in [-0.1, -0.05) is 6.08 Å². The molecule has 0 spiro atoms. The van der Waals surface area contributed by atoms with Crippen molar-refractivity contribution in [3.63, 3.8) is 0 Å². The van der Waals surface area contributed by atoms with Crippen LogP contribution in [0.5, 0.6) is 0 Å². The maximum atomic E-state index is 12.5. The molecule has 102 valence electrons. The fraction of sp³-hybridized carbons (Fsp3) is 0.167. The number of amides is 1. The lowest BCUT2D eigenvalue weighted by Gasteiger charge is -2.12. The second-order valence-electron chi connectivity index (χ2n) is 3.60. The normalized spacial score (nSPS) is 10.9. The molecule has 0 fully saturated rings. The number of carbonyl (C=O) groups is 2. The van der Waals surface area contributed by atoms with Crippen LogP contribution in [0, 0.1) is 0 Å². The van der Waals surface area contributed by atoms with Crippen molar-refractivity contribution < 1.29 is 27.9 Å². The van der Waals surface area contributed by atoms with Gasteiger partial charge < -0.3 is 10.4 Å². The molecule has 1 aromatic rings. The zero-order valence-corrected chi connectivity index (χ0v) is 9.62. The molecule has 0 saturated carbocycles. The molecule has 1 aromatic carbocycles.